The summed E-state index contributed by atoms with van der Waals surface area (Å²) in [5, 5.41) is 0. The zero-order valence-corrected chi connectivity index (χ0v) is 29.2. The third-order valence-electron chi connectivity index (χ3n) is 9.77. The zero-order valence-electron chi connectivity index (χ0n) is 29.2. The molecule has 0 amide bonds. The second kappa shape index (κ2) is 28.1. The van der Waals surface area contributed by atoms with Crippen molar-refractivity contribution in [2.45, 2.75) is 200 Å². The second-order valence-electron chi connectivity index (χ2n) is 13.8. The van der Waals surface area contributed by atoms with Gasteiger partial charge in [-0.05, 0) is 18.4 Å². The Morgan fingerprint density at radius 1 is 0.395 bits per heavy atom. The smallest absolute Gasteiger partial charge is 0.105 e. The standard InChI is InChI=1S/C41H74N2/c1-3-5-7-9-11-13-15-16-17-18-19-20-21-23-25-27-32-36-43-38-37-42(41(43)39-40-33-29-28-30-34-40)35-31-26-24-22-14-12-10-8-6-4-2/h28-30,33-34,37-38,41H,3-27,31-32,35-36,39H2,1-2H3. The Balaban J connectivity index is 1.50. The quantitative estimate of drug-likeness (QED) is 0.0789. The van der Waals surface area contributed by atoms with Gasteiger partial charge in [0.15, 0.2) is 0 Å². The van der Waals surface area contributed by atoms with Crippen LogP contribution < -0.4 is 0 Å². The average molecular weight is 595 g/mol. The molecule has 1 aliphatic rings. The first-order chi connectivity index (χ1) is 21.3. The van der Waals surface area contributed by atoms with Crippen molar-refractivity contribution in [1.29, 1.82) is 0 Å². The molecular formula is C41H74N2. The van der Waals surface area contributed by atoms with Crippen molar-refractivity contribution in [3.8, 4) is 0 Å². The number of nitrogens with zero attached hydrogens (tertiary/aromatic N) is 2. The van der Waals surface area contributed by atoms with Gasteiger partial charge in [-0.3, -0.25) is 0 Å². The maximum atomic E-state index is 2.65. The zero-order chi connectivity index (χ0) is 30.5. The SMILES string of the molecule is CCCCCCCCCCCCCCCCCCCN1C=CN(CCCCCCCCCCCC)C1Cc1ccccc1. The van der Waals surface area contributed by atoms with Gasteiger partial charge in [0.05, 0.1) is 0 Å². The molecule has 1 unspecified atom stereocenters. The molecule has 1 atom stereocenters. The lowest BCUT2D eigenvalue weighted by molar-refractivity contribution is 0.148. The normalized spacial score (nSPS) is 14.8. The van der Waals surface area contributed by atoms with E-state index in [2.05, 4.69) is 66.4 Å². The molecule has 1 aliphatic heterocycles. The van der Waals surface area contributed by atoms with Gasteiger partial charge in [0.1, 0.15) is 6.17 Å². The fraction of sp³-hybridized carbons (Fsp3) is 0.805. The number of unbranched alkanes of at least 4 members (excludes halogenated alkanes) is 25. The summed E-state index contributed by atoms with van der Waals surface area (Å²) in [7, 11) is 0. The molecule has 0 aliphatic carbocycles. The van der Waals surface area contributed by atoms with Crippen LogP contribution in [-0.2, 0) is 6.42 Å². The van der Waals surface area contributed by atoms with E-state index < -0.39 is 0 Å². The maximum Gasteiger partial charge on any atom is 0.105 e. The van der Waals surface area contributed by atoms with Crippen LogP contribution in [0.5, 0.6) is 0 Å². The van der Waals surface area contributed by atoms with E-state index in [4.69, 9.17) is 0 Å². The Morgan fingerprint density at radius 2 is 0.698 bits per heavy atom. The average Bonchev–Trinajstić information content (AvgIpc) is 3.40. The molecular weight excluding hydrogens is 520 g/mol. The summed E-state index contributed by atoms with van der Waals surface area (Å²) >= 11 is 0. The van der Waals surface area contributed by atoms with E-state index >= 15 is 0 Å². The van der Waals surface area contributed by atoms with Gasteiger partial charge in [-0.2, -0.15) is 0 Å². The van der Waals surface area contributed by atoms with Gasteiger partial charge in [-0.15, -0.1) is 0 Å². The Labute approximate surface area is 270 Å². The maximum absolute atomic E-state index is 2.65. The monoisotopic (exact) mass is 595 g/mol. The van der Waals surface area contributed by atoms with Gasteiger partial charge in [-0.25, -0.2) is 0 Å². The molecule has 2 heteroatoms. The van der Waals surface area contributed by atoms with Crippen molar-refractivity contribution in [3.63, 3.8) is 0 Å². The van der Waals surface area contributed by atoms with Gasteiger partial charge < -0.3 is 9.80 Å². The van der Waals surface area contributed by atoms with Crippen LogP contribution in [0.4, 0.5) is 0 Å². The minimum atomic E-state index is 0.502. The summed E-state index contributed by atoms with van der Waals surface area (Å²) in [6, 6.07) is 11.2. The predicted octanol–water partition coefficient (Wildman–Crippen LogP) is 13.2. The van der Waals surface area contributed by atoms with Crippen LogP contribution in [0.25, 0.3) is 0 Å². The molecule has 248 valence electrons. The van der Waals surface area contributed by atoms with E-state index in [0.29, 0.717) is 6.17 Å². The van der Waals surface area contributed by atoms with E-state index in [0.717, 1.165) is 6.42 Å². The fourth-order valence-electron chi connectivity index (χ4n) is 6.87. The molecule has 1 heterocycles. The van der Waals surface area contributed by atoms with E-state index in [1.54, 1.807) is 0 Å². The highest BCUT2D eigenvalue weighted by atomic mass is 15.4. The summed E-state index contributed by atoms with van der Waals surface area (Å²) in [5.74, 6) is 0. The molecule has 2 rings (SSSR count). The predicted molar refractivity (Wildman–Crippen MR) is 192 cm³/mol. The second-order valence-corrected chi connectivity index (χ2v) is 13.8. The molecule has 1 aromatic carbocycles. The highest BCUT2D eigenvalue weighted by Crippen LogP contribution is 2.23. The van der Waals surface area contributed by atoms with Crippen LogP contribution in [0.1, 0.15) is 193 Å². The molecule has 0 radical (unpaired) electrons. The number of benzene rings is 1. The van der Waals surface area contributed by atoms with Crippen LogP contribution >= 0.6 is 0 Å². The lowest BCUT2D eigenvalue weighted by Gasteiger charge is -2.33. The summed E-state index contributed by atoms with van der Waals surface area (Å²) in [6.07, 6.45) is 45.0. The molecule has 43 heavy (non-hydrogen) atoms. The number of hydrogen-bond acceptors (Lipinski definition) is 2. The molecule has 0 fully saturated rings. The van der Waals surface area contributed by atoms with Gasteiger partial charge in [-0.1, -0.05) is 205 Å². The van der Waals surface area contributed by atoms with E-state index in [1.165, 1.54) is 192 Å². The molecule has 0 saturated heterocycles. The van der Waals surface area contributed by atoms with Crippen molar-refractivity contribution in [1.82, 2.24) is 9.80 Å². The van der Waals surface area contributed by atoms with E-state index in [9.17, 15) is 0 Å². The first-order valence-corrected chi connectivity index (χ1v) is 19.6. The Kier molecular flexibility index (Phi) is 24.6. The number of hydrogen-bond donors (Lipinski definition) is 0. The van der Waals surface area contributed by atoms with Gasteiger partial charge in [0.25, 0.3) is 0 Å². The van der Waals surface area contributed by atoms with Crippen molar-refractivity contribution in [2.24, 2.45) is 0 Å². The molecule has 1 aromatic rings. The first kappa shape index (κ1) is 37.7. The van der Waals surface area contributed by atoms with Crippen LogP contribution in [0.15, 0.2) is 42.7 Å². The third kappa shape index (κ3) is 20.3. The minimum Gasteiger partial charge on any atom is -0.356 e. The lowest BCUT2D eigenvalue weighted by Crippen LogP contribution is -2.41. The summed E-state index contributed by atoms with van der Waals surface area (Å²) in [4.78, 5) is 5.29. The van der Waals surface area contributed by atoms with Gasteiger partial charge in [0.2, 0.25) is 0 Å². The van der Waals surface area contributed by atoms with Crippen molar-refractivity contribution < 1.29 is 0 Å². The Bertz CT molecular complexity index is 728. The number of rotatable bonds is 31. The molecule has 0 N–H and O–H groups in total. The molecule has 0 aromatic heterocycles. The fourth-order valence-corrected chi connectivity index (χ4v) is 6.87. The van der Waals surface area contributed by atoms with Crippen molar-refractivity contribution >= 4 is 0 Å². The summed E-state index contributed by atoms with van der Waals surface area (Å²) in [6.45, 7) is 7.03. The van der Waals surface area contributed by atoms with E-state index in [1.807, 2.05) is 0 Å². The highest BCUT2D eigenvalue weighted by molar-refractivity contribution is 5.17. The van der Waals surface area contributed by atoms with Crippen LogP contribution in [0.2, 0.25) is 0 Å². The highest BCUT2D eigenvalue weighted by Gasteiger charge is 2.25. The van der Waals surface area contributed by atoms with Crippen LogP contribution in [-0.4, -0.2) is 29.1 Å². The summed E-state index contributed by atoms with van der Waals surface area (Å²) < 4.78 is 0. The first-order valence-electron chi connectivity index (χ1n) is 19.6. The molecule has 2 nitrogen and oxygen atoms in total. The topological polar surface area (TPSA) is 6.48 Å². The van der Waals surface area contributed by atoms with E-state index in [-0.39, 0.29) is 0 Å². The molecule has 0 spiro atoms. The Hall–Kier alpha value is -1.44. The van der Waals surface area contributed by atoms with Crippen LogP contribution in [0.3, 0.4) is 0 Å². The minimum absolute atomic E-state index is 0.502. The largest absolute Gasteiger partial charge is 0.356 e. The Morgan fingerprint density at radius 3 is 1.02 bits per heavy atom. The lowest BCUT2D eigenvalue weighted by atomic mass is 10.0. The van der Waals surface area contributed by atoms with Gasteiger partial charge in [0, 0.05) is 31.9 Å². The van der Waals surface area contributed by atoms with Crippen LogP contribution in [0, 0.1) is 0 Å². The van der Waals surface area contributed by atoms with Crippen molar-refractivity contribution in [2.75, 3.05) is 13.1 Å². The van der Waals surface area contributed by atoms with Crippen molar-refractivity contribution in [3.05, 3.63) is 48.3 Å². The molecule has 0 bridgehead atoms. The van der Waals surface area contributed by atoms with Gasteiger partial charge >= 0.3 is 0 Å². The third-order valence-corrected chi connectivity index (χ3v) is 9.77. The molecule has 0 saturated carbocycles. The summed E-state index contributed by atoms with van der Waals surface area (Å²) in [5.41, 5.74) is 1.47.